The summed E-state index contributed by atoms with van der Waals surface area (Å²) in [4.78, 5) is 9.88. The fourth-order valence-electron chi connectivity index (χ4n) is 2.23. The standard InChI is InChI=1S/C6H12N4/c1-7-2-9-4-8(1)5-10(3-7)6-9/h1-6H2/p+1. The zero-order valence-corrected chi connectivity index (χ0v) is 6.03. The van der Waals surface area contributed by atoms with Crippen LogP contribution in [-0.4, -0.2) is 59.6 Å². The molecule has 4 fully saturated rings. The molecule has 4 aliphatic rings. The smallest absolute Gasteiger partial charge is 0.264 e. The van der Waals surface area contributed by atoms with E-state index in [2.05, 4.69) is 19.6 Å². The molecule has 0 unspecified atom stereocenters. The van der Waals surface area contributed by atoms with Gasteiger partial charge >= 0.3 is 1.43 Å². The van der Waals surface area contributed by atoms with E-state index in [0.29, 0.717) is 0 Å². The predicted octanol–water partition coefficient (Wildman–Crippen LogP) is -0.907. The molecule has 4 saturated heterocycles. The SMILES string of the molecule is C1N2CN3CN1CN(C2)C3.[H+]. The Hall–Kier alpha value is -0.160. The lowest BCUT2D eigenvalue weighted by molar-refractivity contribution is -0.194. The van der Waals surface area contributed by atoms with Gasteiger partial charge in [-0.05, 0) is 0 Å². The van der Waals surface area contributed by atoms with Gasteiger partial charge in [0.1, 0.15) is 0 Å². The maximum Gasteiger partial charge on any atom is 1.00 e. The van der Waals surface area contributed by atoms with E-state index >= 15 is 0 Å². The van der Waals surface area contributed by atoms with Gasteiger partial charge in [-0.3, -0.25) is 19.6 Å². The molecule has 10 heavy (non-hydrogen) atoms. The third-order valence-electron chi connectivity index (χ3n) is 2.40. The molecule has 4 nitrogen and oxygen atoms in total. The average Bonchev–Trinajstić information content (AvgIpc) is 1.82. The van der Waals surface area contributed by atoms with Crippen molar-refractivity contribution in [3.05, 3.63) is 0 Å². The van der Waals surface area contributed by atoms with Gasteiger partial charge in [-0.1, -0.05) is 0 Å². The fraction of sp³-hybridized carbons (Fsp3) is 1.00. The molecular weight excluding hydrogens is 128 g/mol. The minimum absolute atomic E-state index is 0. The Bertz CT molecular complexity index is 106. The lowest BCUT2D eigenvalue weighted by atomic mass is 10.4. The van der Waals surface area contributed by atoms with Crippen LogP contribution in [0.4, 0.5) is 0 Å². The fourth-order valence-corrected chi connectivity index (χ4v) is 2.23. The topological polar surface area (TPSA) is 13.0 Å². The molecule has 0 atom stereocenters. The van der Waals surface area contributed by atoms with Crippen molar-refractivity contribution >= 4 is 0 Å². The van der Waals surface area contributed by atoms with Crippen LogP contribution in [0.1, 0.15) is 1.43 Å². The van der Waals surface area contributed by atoms with Crippen LogP contribution in [0, 0.1) is 0 Å². The molecule has 4 aliphatic heterocycles. The van der Waals surface area contributed by atoms with Gasteiger partial charge in [-0.25, -0.2) is 0 Å². The van der Waals surface area contributed by atoms with Gasteiger partial charge in [0, 0.05) is 0 Å². The zero-order chi connectivity index (χ0) is 6.55. The molecular formula is C6H13N4+. The Labute approximate surface area is 62.1 Å². The quantitative estimate of drug-likeness (QED) is 0.433. The summed E-state index contributed by atoms with van der Waals surface area (Å²) in [6, 6.07) is 0. The van der Waals surface area contributed by atoms with E-state index in [-0.39, 0.29) is 1.43 Å². The maximum absolute atomic E-state index is 2.47. The Morgan fingerprint density at radius 3 is 0.900 bits per heavy atom. The summed E-state index contributed by atoms with van der Waals surface area (Å²) in [6.07, 6.45) is 0. The molecule has 0 spiro atoms. The summed E-state index contributed by atoms with van der Waals surface area (Å²) in [7, 11) is 0. The minimum atomic E-state index is 0. The van der Waals surface area contributed by atoms with Crippen LogP contribution in [0.25, 0.3) is 0 Å². The second-order valence-electron chi connectivity index (χ2n) is 3.53. The van der Waals surface area contributed by atoms with Gasteiger partial charge < -0.3 is 0 Å². The van der Waals surface area contributed by atoms with Crippen molar-refractivity contribution in [3.8, 4) is 0 Å². The summed E-state index contributed by atoms with van der Waals surface area (Å²) in [5.74, 6) is 0. The first kappa shape index (κ1) is 5.49. The maximum atomic E-state index is 2.47. The second kappa shape index (κ2) is 1.71. The third kappa shape index (κ3) is 0.645. The van der Waals surface area contributed by atoms with Gasteiger partial charge in [-0.2, -0.15) is 0 Å². The van der Waals surface area contributed by atoms with E-state index in [0.717, 1.165) is 0 Å². The van der Waals surface area contributed by atoms with Crippen molar-refractivity contribution in [1.29, 1.82) is 0 Å². The van der Waals surface area contributed by atoms with Crippen molar-refractivity contribution in [2.75, 3.05) is 40.0 Å². The monoisotopic (exact) mass is 141 g/mol. The molecule has 0 amide bonds. The third-order valence-corrected chi connectivity index (χ3v) is 2.40. The second-order valence-corrected chi connectivity index (χ2v) is 3.53. The minimum Gasteiger partial charge on any atom is -0.264 e. The van der Waals surface area contributed by atoms with Crippen LogP contribution in [0.15, 0.2) is 0 Å². The molecule has 0 aromatic heterocycles. The summed E-state index contributed by atoms with van der Waals surface area (Å²) in [5, 5.41) is 0. The molecule has 0 aliphatic carbocycles. The number of rotatable bonds is 0. The molecule has 4 bridgehead atoms. The van der Waals surface area contributed by atoms with Gasteiger partial charge in [0.05, 0.1) is 40.0 Å². The highest BCUT2D eigenvalue weighted by molar-refractivity contribution is 4.79. The molecule has 56 valence electrons. The highest BCUT2D eigenvalue weighted by atomic mass is 15.7. The first-order valence-electron chi connectivity index (χ1n) is 3.79. The molecule has 0 saturated carbocycles. The molecule has 4 rings (SSSR count). The summed E-state index contributed by atoms with van der Waals surface area (Å²) in [6.45, 7) is 7.12. The molecule has 0 aromatic rings. The number of nitrogens with zero attached hydrogens (tertiary/aromatic N) is 4. The van der Waals surface area contributed by atoms with Crippen molar-refractivity contribution < 1.29 is 1.43 Å². The Kier molecular flexibility index (Phi) is 0.936. The molecule has 0 radical (unpaired) electrons. The Morgan fingerprint density at radius 1 is 0.500 bits per heavy atom. The van der Waals surface area contributed by atoms with E-state index in [1.807, 2.05) is 0 Å². The van der Waals surface area contributed by atoms with Gasteiger partial charge in [-0.15, -0.1) is 0 Å². The van der Waals surface area contributed by atoms with Crippen molar-refractivity contribution in [3.63, 3.8) is 0 Å². The van der Waals surface area contributed by atoms with Gasteiger partial charge in [0.25, 0.3) is 0 Å². The van der Waals surface area contributed by atoms with Crippen molar-refractivity contribution in [2.45, 2.75) is 0 Å². The van der Waals surface area contributed by atoms with Crippen molar-refractivity contribution in [1.82, 2.24) is 19.6 Å². The lowest BCUT2D eigenvalue weighted by Gasteiger charge is -2.56. The van der Waals surface area contributed by atoms with Crippen LogP contribution in [0.3, 0.4) is 0 Å². The van der Waals surface area contributed by atoms with Crippen LogP contribution < -0.4 is 0 Å². The average molecular weight is 141 g/mol. The van der Waals surface area contributed by atoms with E-state index in [1.165, 1.54) is 40.0 Å². The molecule has 0 aromatic carbocycles. The van der Waals surface area contributed by atoms with Crippen LogP contribution in [0.5, 0.6) is 0 Å². The Balaban J connectivity index is 0.000000480. The molecule has 4 heterocycles. The summed E-state index contributed by atoms with van der Waals surface area (Å²) >= 11 is 0. The van der Waals surface area contributed by atoms with Gasteiger partial charge in [0.2, 0.25) is 0 Å². The Morgan fingerprint density at radius 2 is 0.700 bits per heavy atom. The predicted molar refractivity (Wildman–Crippen MR) is 37.7 cm³/mol. The van der Waals surface area contributed by atoms with Crippen molar-refractivity contribution in [2.24, 2.45) is 0 Å². The van der Waals surface area contributed by atoms with Gasteiger partial charge in [0.15, 0.2) is 0 Å². The first-order chi connectivity index (χ1) is 4.90. The summed E-state index contributed by atoms with van der Waals surface area (Å²) < 4.78 is 0. The first-order valence-corrected chi connectivity index (χ1v) is 3.79. The number of hydrogen-bond donors (Lipinski definition) is 0. The van der Waals surface area contributed by atoms with Crippen LogP contribution in [0.2, 0.25) is 0 Å². The van der Waals surface area contributed by atoms with Crippen LogP contribution >= 0.6 is 0 Å². The largest absolute Gasteiger partial charge is 1.00 e. The van der Waals surface area contributed by atoms with Crippen LogP contribution in [-0.2, 0) is 0 Å². The van der Waals surface area contributed by atoms with E-state index in [9.17, 15) is 0 Å². The van der Waals surface area contributed by atoms with E-state index in [1.54, 1.807) is 0 Å². The highest BCUT2D eigenvalue weighted by Gasteiger charge is 2.36. The molecule has 4 heteroatoms. The number of hydrogen-bond acceptors (Lipinski definition) is 4. The zero-order valence-electron chi connectivity index (χ0n) is 7.03. The van der Waals surface area contributed by atoms with E-state index in [4.69, 9.17) is 0 Å². The molecule has 0 N–H and O–H groups in total. The normalized spacial score (nSPS) is 57.6. The van der Waals surface area contributed by atoms with E-state index < -0.39 is 0 Å². The summed E-state index contributed by atoms with van der Waals surface area (Å²) in [5.41, 5.74) is 0. The lowest BCUT2D eigenvalue weighted by Crippen LogP contribution is -2.71. The highest BCUT2D eigenvalue weighted by Crippen LogP contribution is 2.20.